The van der Waals surface area contributed by atoms with Crippen molar-refractivity contribution in [2.45, 2.75) is 0 Å². The van der Waals surface area contributed by atoms with E-state index in [2.05, 4.69) is 0 Å². The lowest BCUT2D eigenvalue weighted by Crippen LogP contribution is -2.03. The number of hydrogen-bond acceptors (Lipinski definition) is 16. The number of thioether (sulfide) groups is 10. The SMILES string of the molecule is O=C(CSCSCCS(=O)CSCSCSC(=O)CSCSCCS(=O)CSCO)SCSCO. The van der Waals surface area contributed by atoms with Crippen LogP contribution in [-0.4, -0.2) is 111 Å². The molecule has 0 heterocycles. The Morgan fingerprint density at radius 2 is 1.00 bits per heavy atom. The molecule has 2 unspecified atom stereocenters. The average molecular weight is 717 g/mol. The standard InChI is InChI=1S/C17H32O6S12/c18-7-28-12-32-16(20)5-26-10-25-2-4-35(23)15-31-11-30-13-33-17(21)6-27-9-24-1-3-34(22)14-29-8-19/h18-19H,1-15H2. The highest BCUT2D eigenvalue weighted by molar-refractivity contribution is 8.29. The third-order valence-corrected chi connectivity index (χ3v) is 18.2. The Bertz CT molecular complexity index is 586. The first-order valence-electron chi connectivity index (χ1n) is 9.84. The van der Waals surface area contributed by atoms with Crippen molar-refractivity contribution in [2.24, 2.45) is 0 Å². The zero-order chi connectivity index (χ0) is 26.0. The van der Waals surface area contributed by atoms with Crippen LogP contribution in [0.4, 0.5) is 0 Å². The van der Waals surface area contributed by atoms with Crippen LogP contribution in [0.2, 0.25) is 0 Å². The van der Waals surface area contributed by atoms with Crippen LogP contribution in [0.3, 0.4) is 0 Å². The van der Waals surface area contributed by atoms with E-state index >= 15 is 0 Å². The molecule has 0 aromatic rings. The summed E-state index contributed by atoms with van der Waals surface area (Å²) in [6, 6.07) is 0. The Hall–Kier alpha value is 3.06. The zero-order valence-electron chi connectivity index (χ0n) is 19.0. The largest absolute Gasteiger partial charge is 0.386 e. The fraction of sp³-hybridized carbons (Fsp3) is 0.882. The third kappa shape index (κ3) is 29.9. The number of rotatable bonds is 26. The molecule has 0 aliphatic carbocycles. The molecule has 0 aromatic heterocycles. The van der Waals surface area contributed by atoms with Gasteiger partial charge in [0, 0.05) is 70.0 Å². The summed E-state index contributed by atoms with van der Waals surface area (Å²) in [7, 11) is -1.75. The molecule has 0 rings (SSSR count). The van der Waals surface area contributed by atoms with Gasteiger partial charge in [0.25, 0.3) is 0 Å². The van der Waals surface area contributed by atoms with Gasteiger partial charge >= 0.3 is 0 Å². The van der Waals surface area contributed by atoms with Crippen molar-refractivity contribution in [1.82, 2.24) is 0 Å². The van der Waals surface area contributed by atoms with Gasteiger partial charge in [-0.2, -0.15) is 23.5 Å². The summed E-state index contributed by atoms with van der Waals surface area (Å²) < 4.78 is 23.6. The number of hydrogen-bond donors (Lipinski definition) is 2. The Balaban J connectivity index is 3.40. The Kier molecular flexibility index (Phi) is 32.7. The molecule has 0 spiro atoms. The first-order chi connectivity index (χ1) is 17.0. The molecule has 6 nitrogen and oxygen atoms in total. The van der Waals surface area contributed by atoms with Crippen LogP contribution in [0.15, 0.2) is 0 Å². The Morgan fingerprint density at radius 3 is 1.51 bits per heavy atom. The summed E-state index contributed by atoms with van der Waals surface area (Å²) in [4.78, 5) is 23.4. The molecule has 0 aromatic carbocycles. The topological polar surface area (TPSA) is 109 Å². The van der Waals surface area contributed by atoms with Crippen LogP contribution in [0.1, 0.15) is 0 Å². The van der Waals surface area contributed by atoms with E-state index in [4.69, 9.17) is 10.2 Å². The molecule has 0 saturated carbocycles. The summed E-state index contributed by atoms with van der Waals surface area (Å²) >= 11 is 15.0. The maximum absolute atomic E-state index is 12.0. The van der Waals surface area contributed by atoms with Crippen molar-refractivity contribution in [2.75, 3.05) is 82.0 Å². The van der Waals surface area contributed by atoms with Gasteiger partial charge in [0.2, 0.25) is 0 Å². The Labute approximate surface area is 256 Å². The smallest absolute Gasteiger partial charge is 0.199 e. The second-order valence-corrected chi connectivity index (χ2v) is 21.6. The van der Waals surface area contributed by atoms with Gasteiger partial charge in [-0.05, 0) is 0 Å². The summed E-state index contributed by atoms with van der Waals surface area (Å²) in [5.74, 6) is 3.86. The van der Waals surface area contributed by atoms with Crippen LogP contribution in [0, 0.1) is 0 Å². The molecular formula is C17H32O6S12. The second-order valence-electron chi connectivity index (χ2n) is 5.73. The van der Waals surface area contributed by atoms with E-state index in [1.807, 2.05) is 0 Å². The van der Waals surface area contributed by atoms with Gasteiger partial charge in [0.1, 0.15) is 0 Å². The maximum Gasteiger partial charge on any atom is 0.199 e. The molecule has 0 aliphatic rings. The molecule has 0 radical (unpaired) electrons. The minimum Gasteiger partial charge on any atom is -0.386 e. The van der Waals surface area contributed by atoms with Gasteiger partial charge in [-0.25, -0.2) is 0 Å². The normalized spacial score (nSPS) is 13.1. The fourth-order valence-electron chi connectivity index (χ4n) is 1.59. The van der Waals surface area contributed by atoms with E-state index in [1.54, 1.807) is 70.6 Å². The van der Waals surface area contributed by atoms with E-state index < -0.39 is 21.6 Å². The molecule has 18 heteroatoms. The molecular weight excluding hydrogens is 685 g/mol. The fourth-order valence-corrected chi connectivity index (χ4v) is 15.1. The van der Waals surface area contributed by atoms with Crippen molar-refractivity contribution >= 4 is 149 Å². The van der Waals surface area contributed by atoms with E-state index in [9.17, 15) is 18.0 Å². The van der Waals surface area contributed by atoms with E-state index in [1.165, 1.54) is 47.0 Å². The third-order valence-electron chi connectivity index (χ3n) is 3.07. The first-order valence-corrected chi connectivity index (χ1v) is 24.0. The first kappa shape index (κ1) is 38.1. The van der Waals surface area contributed by atoms with Gasteiger partial charge in [-0.15, -0.1) is 70.6 Å². The Morgan fingerprint density at radius 1 is 0.543 bits per heavy atom. The van der Waals surface area contributed by atoms with Gasteiger partial charge < -0.3 is 10.2 Å². The summed E-state index contributed by atoms with van der Waals surface area (Å²) in [5, 5.41) is 22.4. The van der Waals surface area contributed by atoms with Crippen LogP contribution in [0.5, 0.6) is 0 Å². The molecule has 2 N–H and O–H groups in total. The van der Waals surface area contributed by atoms with Crippen LogP contribution in [0.25, 0.3) is 0 Å². The van der Waals surface area contributed by atoms with Crippen molar-refractivity contribution in [3.05, 3.63) is 0 Å². The summed E-state index contributed by atoms with van der Waals surface area (Å²) in [6.45, 7) is 0. The number of carbonyl (C=O) groups excluding carboxylic acids is 2. The van der Waals surface area contributed by atoms with E-state index in [-0.39, 0.29) is 22.1 Å². The molecule has 0 amide bonds. The molecule has 0 bridgehead atoms. The molecule has 0 saturated heterocycles. The van der Waals surface area contributed by atoms with Crippen molar-refractivity contribution < 1.29 is 28.2 Å². The van der Waals surface area contributed by atoms with Crippen molar-refractivity contribution in [1.29, 1.82) is 0 Å². The molecule has 2 atom stereocenters. The van der Waals surface area contributed by atoms with E-state index in [0.29, 0.717) is 43.4 Å². The zero-order valence-corrected chi connectivity index (χ0v) is 28.8. The van der Waals surface area contributed by atoms with Crippen molar-refractivity contribution in [3.8, 4) is 0 Å². The lowest BCUT2D eigenvalue weighted by atomic mass is 10.9. The lowest BCUT2D eigenvalue weighted by Gasteiger charge is -2.04. The molecule has 0 aliphatic heterocycles. The molecule has 0 fully saturated rings. The maximum atomic E-state index is 12.0. The highest BCUT2D eigenvalue weighted by Gasteiger charge is 2.06. The summed E-state index contributed by atoms with van der Waals surface area (Å²) in [6.07, 6.45) is 0. The van der Waals surface area contributed by atoms with Gasteiger partial charge in [0.05, 0.1) is 33.6 Å². The second kappa shape index (κ2) is 30.0. The number of aliphatic hydroxyl groups excluding tert-OH is 2. The van der Waals surface area contributed by atoms with Gasteiger partial charge in [-0.1, -0.05) is 23.5 Å². The number of carbonyl (C=O) groups is 2. The number of aliphatic hydroxyl groups is 2. The van der Waals surface area contributed by atoms with Crippen LogP contribution in [-0.2, 0) is 31.2 Å². The highest BCUT2D eigenvalue weighted by Crippen LogP contribution is 2.22. The average Bonchev–Trinajstić information content (AvgIpc) is 2.84. The minimum absolute atomic E-state index is 0.00314. The van der Waals surface area contributed by atoms with E-state index in [0.717, 1.165) is 26.8 Å². The van der Waals surface area contributed by atoms with Gasteiger partial charge in [0.15, 0.2) is 10.2 Å². The lowest BCUT2D eigenvalue weighted by molar-refractivity contribution is -0.109. The van der Waals surface area contributed by atoms with Crippen LogP contribution >= 0.6 is 118 Å². The predicted octanol–water partition coefficient (Wildman–Crippen LogP) is 4.47. The minimum atomic E-state index is -0.892. The van der Waals surface area contributed by atoms with Crippen LogP contribution < -0.4 is 0 Å². The predicted molar refractivity (Wildman–Crippen MR) is 180 cm³/mol. The highest BCUT2D eigenvalue weighted by atomic mass is 32.3. The van der Waals surface area contributed by atoms with Crippen molar-refractivity contribution in [3.63, 3.8) is 0 Å². The monoisotopic (exact) mass is 716 g/mol. The quantitative estimate of drug-likeness (QED) is 0.0970. The molecule has 208 valence electrons. The molecule has 35 heavy (non-hydrogen) atoms. The van der Waals surface area contributed by atoms with Gasteiger partial charge in [-0.3, -0.25) is 18.0 Å². The summed E-state index contributed by atoms with van der Waals surface area (Å²) in [5.41, 5.74) is 0.